The molecule has 0 heterocycles. The maximum atomic E-state index is 6.09. The Kier molecular flexibility index (Phi) is 5.96. The SMILES string of the molecule is COc1cccc(/C(C)=N/NC(=S)Nc2cccc(Cl)c2C)c1. The van der Waals surface area contributed by atoms with Gasteiger partial charge in [-0.05, 0) is 55.9 Å². The standard InChI is InChI=1S/C17H18ClN3OS/c1-11-15(18)8-5-9-16(11)19-17(23)21-20-12(2)13-6-4-7-14(10-13)22-3/h4-10H,1-3H3,(H2,19,21,23)/b20-12+. The van der Waals surface area contributed by atoms with Gasteiger partial charge >= 0.3 is 0 Å². The topological polar surface area (TPSA) is 45.6 Å². The third-order valence-corrected chi connectivity index (χ3v) is 3.93. The molecule has 0 aromatic heterocycles. The van der Waals surface area contributed by atoms with E-state index in [-0.39, 0.29) is 0 Å². The summed E-state index contributed by atoms with van der Waals surface area (Å²) in [4.78, 5) is 0. The van der Waals surface area contributed by atoms with Crippen LogP contribution in [-0.2, 0) is 0 Å². The van der Waals surface area contributed by atoms with Crippen LogP contribution in [0.2, 0.25) is 5.02 Å². The molecule has 6 heteroatoms. The van der Waals surface area contributed by atoms with Gasteiger partial charge in [0.05, 0.1) is 12.8 Å². The summed E-state index contributed by atoms with van der Waals surface area (Å²) in [5, 5.41) is 8.47. The van der Waals surface area contributed by atoms with Crippen molar-refractivity contribution in [2.45, 2.75) is 13.8 Å². The summed E-state index contributed by atoms with van der Waals surface area (Å²) in [6.07, 6.45) is 0. The molecule has 0 saturated heterocycles. The minimum atomic E-state index is 0.401. The molecule has 0 amide bonds. The van der Waals surface area contributed by atoms with Gasteiger partial charge in [-0.2, -0.15) is 5.10 Å². The van der Waals surface area contributed by atoms with Gasteiger partial charge in [0.15, 0.2) is 5.11 Å². The molecule has 0 atom stereocenters. The molecule has 120 valence electrons. The molecular weight excluding hydrogens is 330 g/mol. The lowest BCUT2D eigenvalue weighted by Gasteiger charge is -2.11. The number of nitrogens with zero attached hydrogens (tertiary/aromatic N) is 1. The number of nitrogens with one attached hydrogen (secondary N) is 2. The second-order valence-corrected chi connectivity index (χ2v) is 5.72. The molecule has 2 aromatic carbocycles. The number of thiocarbonyl (C=S) groups is 1. The van der Waals surface area contributed by atoms with E-state index in [1.165, 1.54) is 0 Å². The van der Waals surface area contributed by atoms with Crippen molar-refractivity contribution in [3.8, 4) is 5.75 Å². The molecule has 0 aliphatic heterocycles. The van der Waals surface area contributed by atoms with Crippen molar-refractivity contribution < 1.29 is 4.74 Å². The number of halogens is 1. The number of rotatable bonds is 4. The van der Waals surface area contributed by atoms with Crippen LogP contribution in [0.25, 0.3) is 0 Å². The van der Waals surface area contributed by atoms with Gasteiger partial charge < -0.3 is 10.1 Å². The summed E-state index contributed by atoms with van der Waals surface area (Å²) < 4.78 is 5.21. The van der Waals surface area contributed by atoms with Crippen LogP contribution in [0.3, 0.4) is 0 Å². The Bertz CT molecular complexity index is 746. The van der Waals surface area contributed by atoms with E-state index in [9.17, 15) is 0 Å². The molecule has 0 spiro atoms. The number of ether oxygens (including phenoxy) is 1. The molecule has 2 N–H and O–H groups in total. The zero-order valence-corrected chi connectivity index (χ0v) is 14.8. The van der Waals surface area contributed by atoms with Gasteiger partial charge in [0.25, 0.3) is 0 Å². The van der Waals surface area contributed by atoms with Crippen LogP contribution < -0.4 is 15.5 Å². The van der Waals surface area contributed by atoms with E-state index in [0.717, 1.165) is 28.3 Å². The van der Waals surface area contributed by atoms with Crippen molar-refractivity contribution in [3.63, 3.8) is 0 Å². The average molecular weight is 348 g/mol. The van der Waals surface area contributed by atoms with Crippen molar-refractivity contribution in [3.05, 3.63) is 58.6 Å². The molecular formula is C17H18ClN3OS. The second kappa shape index (κ2) is 7.94. The minimum Gasteiger partial charge on any atom is -0.497 e. The van der Waals surface area contributed by atoms with E-state index < -0.39 is 0 Å². The maximum Gasteiger partial charge on any atom is 0.191 e. The van der Waals surface area contributed by atoms with E-state index in [0.29, 0.717) is 10.1 Å². The smallest absolute Gasteiger partial charge is 0.191 e. The van der Waals surface area contributed by atoms with Crippen molar-refractivity contribution >= 4 is 40.3 Å². The van der Waals surface area contributed by atoms with Crippen molar-refractivity contribution in [2.24, 2.45) is 5.10 Å². The first kappa shape index (κ1) is 17.2. The van der Waals surface area contributed by atoms with E-state index in [1.54, 1.807) is 7.11 Å². The lowest BCUT2D eigenvalue weighted by Crippen LogP contribution is -2.25. The Labute approximate surface area is 146 Å². The quantitative estimate of drug-likeness (QED) is 0.490. The highest BCUT2D eigenvalue weighted by molar-refractivity contribution is 7.80. The van der Waals surface area contributed by atoms with Crippen molar-refractivity contribution in [2.75, 3.05) is 12.4 Å². The fourth-order valence-electron chi connectivity index (χ4n) is 1.94. The summed E-state index contributed by atoms with van der Waals surface area (Å²) in [5.41, 5.74) is 6.38. The summed E-state index contributed by atoms with van der Waals surface area (Å²) in [5.74, 6) is 0.785. The molecule has 0 aliphatic carbocycles. The van der Waals surface area contributed by atoms with Crippen LogP contribution in [0.5, 0.6) is 5.75 Å². The normalized spacial score (nSPS) is 11.0. The fourth-order valence-corrected chi connectivity index (χ4v) is 2.27. The fraction of sp³-hybridized carbons (Fsp3) is 0.176. The van der Waals surface area contributed by atoms with Gasteiger partial charge in [-0.25, -0.2) is 0 Å². The number of methoxy groups -OCH3 is 1. The Morgan fingerprint density at radius 2 is 1.96 bits per heavy atom. The van der Waals surface area contributed by atoms with E-state index in [2.05, 4.69) is 15.8 Å². The molecule has 0 unspecified atom stereocenters. The van der Waals surface area contributed by atoms with Crippen LogP contribution in [0, 0.1) is 6.92 Å². The monoisotopic (exact) mass is 347 g/mol. The summed E-state index contributed by atoms with van der Waals surface area (Å²) in [6, 6.07) is 13.3. The van der Waals surface area contributed by atoms with E-state index in [1.807, 2.05) is 56.3 Å². The number of benzene rings is 2. The van der Waals surface area contributed by atoms with Gasteiger partial charge in [-0.1, -0.05) is 29.8 Å². The van der Waals surface area contributed by atoms with Crippen molar-refractivity contribution in [1.29, 1.82) is 0 Å². The summed E-state index contributed by atoms with van der Waals surface area (Å²) >= 11 is 11.3. The molecule has 0 fully saturated rings. The third-order valence-electron chi connectivity index (χ3n) is 3.33. The van der Waals surface area contributed by atoms with Crippen LogP contribution in [0.4, 0.5) is 5.69 Å². The summed E-state index contributed by atoms with van der Waals surface area (Å²) in [6.45, 7) is 3.83. The predicted octanol–water partition coefficient (Wildman–Crippen LogP) is 4.37. The van der Waals surface area contributed by atoms with Crippen LogP contribution >= 0.6 is 23.8 Å². The Morgan fingerprint density at radius 1 is 1.22 bits per heavy atom. The third kappa shape index (κ3) is 4.68. The Hall–Kier alpha value is -2.11. The molecule has 2 rings (SSSR count). The van der Waals surface area contributed by atoms with Gasteiger partial charge in [0.1, 0.15) is 5.75 Å². The van der Waals surface area contributed by atoms with Crippen LogP contribution in [-0.4, -0.2) is 17.9 Å². The zero-order valence-electron chi connectivity index (χ0n) is 13.2. The lowest BCUT2D eigenvalue weighted by atomic mass is 10.1. The average Bonchev–Trinajstić information content (AvgIpc) is 2.57. The largest absolute Gasteiger partial charge is 0.497 e. The molecule has 0 radical (unpaired) electrons. The molecule has 2 aromatic rings. The summed E-state index contributed by atoms with van der Waals surface area (Å²) in [7, 11) is 1.64. The van der Waals surface area contributed by atoms with E-state index >= 15 is 0 Å². The van der Waals surface area contributed by atoms with E-state index in [4.69, 9.17) is 28.6 Å². The highest BCUT2D eigenvalue weighted by atomic mass is 35.5. The first-order valence-electron chi connectivity index (χ1n) is 7.02. The van der Waals surface area contributed by atoms with Gasteiger partial charge in [-0.15, -0.1) is 0 Å². The predicted molar refractivity (Wildman–Crippen MR) is 101 cm³/mol. The Balaban J connectivity index is 2.03. The number of hydrazone groups is 1. The molecule has 0 saturated carbocycles. The molecule has 23 heavy (non-hydrogen) atoms. The number of hydrogen-bond acceptors (Lipinski definition) is 3. The second-order valence-electron chi connectivity index (χ2n) is 4.91. The number of anilines is 1. The first-order valence-corrected chi connectivity index (χ1v) is 7.80. The molecule has 0 bridgehead atoms. The van der Waals surface area contributed by atoms with Crippen molar-refractivity contribution in [1.82, 2.24) is 5.43 Å². The Morgan fingerprint density at radius 3 is 2.70 bits per heavy atom. The van der Waals surface area contributed by atoms with Gasteiger partial charge in [-0.3, -0.25) is 5.43 Å². The first-order chi connectivity index (χ1) is 11.0. The highest BCUT2D eigenvalue weighted by Crippen LogP contribution is 2.22. The molecule has 0 aliphatic rings. The number of hydrogen-bond donors (Lipinski definition) is 2. The maximum absolute atomic E-state index is 6.09. The van der Waals surface area contributed by atoms with Gasteiger partial charge in [0.2, 0.25) is 0 Å². The van der Waals surface area contributed by atoms with Gasteiger partial charge in [0, 0.05) is 16.3 Å². The minimum absolute atomic E-state index is 0.401. The lowest BCUT2D eigenvalue weighted by molar-refractivity contribution is 0.414. The van der Waals surface area contributed by atoms with Crippen LogP contribution in [0.1, 0.15) is 18.1 Å². The zero-order chi connectivity index (χ0) is 16.8. The van der Waals surface area contributed by atoms with Crippen LogP contribution in [0.15, 0.2) is 47.6 Å². The highest BCUT2D eigenvalue weighted by Gasteiger charge is 2.04. The molecule has 4 nitrogen and oxygen atoms in total.